The van der Waals surface area contributed by atoms with Gasteiger partial charge in [-0.05, 0) is 49.7 Å². The van der Waals surface area contributed by atoms with E-state index in [2.05, 4.69) is 36.4 Å². The van der Waals surface area contributed by atoms with Crippen molar-refractivity contribution in [2.45, 2.75) is 13.8 Å². The zero-order chi connectivity index (χ0) is 20.1. The minimum absolute atomic E-state index is 0.155. The van der Waals surface area contributed by atoms with Crippen molar-refractivity contribution < 1.29 is 9.94 Å². The zero-order valence-corrected chi connectivity index (χ0v) is 17.1. The normalized spacial score (nSPS) is 11.3. The highest BCUT2D eigenvalue weighted by molar-refractivity contribution is 9.10. The van der Waals surface area contributed by atoms with Gasteiger partial charge in [-0.1, -0.05) is 33.2 Å². The highest BCUT2D eigenvalue weighted by Gasteiger charge is 2.12. The summed E-state index contributed by atoms with van der Waals surface area (Å²) in [6.45, 7) is 4.21. The number of nitrogens with zero attached hydrogens (tertiary/aromatic N) is 3. The van der Waals surface area contributed by atoms with Gasteiger partial charge in [-0.2, -0.15) is 4.98 Å². The van der Waals surface area contributed by atoms with Crippen LogP contribution in [0.5, 0.6) is 5.75 Å². The molecule has 4 N–H and O–H groups in total. The molecule has 0 fully saturated rings. The molecular formula is C20H20BrN5O2. The van der Waals surface area contributed by atoms with E-state index in [1.165, 1.54) is 0 Å². The van der Waals surface area contributed by atoms with Gasteiger partial charge in [0, 0.05) is 21.8 Å². The van der Waals surface area contributed by atoms with Crippen molar-refractivity contribution in [2.24, 2.45) is 5.16 Å². The fourth-order valence-electron chi connectivity index (χ4n) is 2.65. The van der Waals surface area contributed by atoms with E-state index >= 15 is 0 Å². The minimum Gasteiger partial charge on any atom is -0.493 e. The van der Waals surface area contributed by atoms with Crippen molar-refractivity contribution >= 4 is 39.1 Å². The van der Waals surface area contributed by atoms with Crippen LogP contribution in [0, 0.1) is 0 Å². The lowest BCUT2D eigenvalue weighted by atomic mass is 10.1. The summed E-state index contributed by atoms with van der Waals surface area (Å²) in [7, 11) is 0. The first-order chi connectivity index (χ1) is 13.5. The molecule has 2 aromatic carbocycles. The number of nitrogen functional groups attached to an aromatic ring is 1. The van der Waals surface area contributed by atoms with E-state index in [1.807, 2.05) is 55.5 Å². The molecule has 28 heavy (non-hydrogen) atoms. The Labute approximate surface area is 171 Å². The average Bonchev–Trinajstić information content (AvgIpc) is 2.69. The predicted molar refractivity (Wildman–Crippen MR) is 114 cm³/mol. The third kappa shape index (κ3) is 4.58. The van der Waals surface area contributed by atoms with Crippen molar-refractivity contribution in [3.63, 3.8) is 0 Å². The largest absolute Gasteiger partial charge is 0.493 e. The third-order valence-electron chi connectivity index (χ3n) is 3.99. The van der Waals surface area contributed by atoms with E-state index in [0.29, 0.717) is 23.8 Å². The SMILES string of the molecule is CCOc1ccc(Br)cc1-c1cc(Nc2ccc(/C(C)=N/O)cc2)nc(N)n1. The zero-order valence-electron chi connectivity index (χ0n) is 15.5. The Balaban J connectivity index is 1.93. The molecule has 0 radical (unpaired) electrons. The van der Waals surface area contributed by atoms with Crippen molar-refractivity contribution in [3.05, 3.63) is 58.6 Å². The summed E-state index contributed by atoms with van der Waals surface area (Å²) in [5.74, 6) is 1.44. The predicted octanol–water partition coefficient (Wildman–Crippen LogP) is 4.83. The molecule has 0 amide bonds. The molecule has 0 aliphatic heterocycles. The molecule has 1 aromatic heterocycles. The first kappa shape index (κ1) is 19.6. The average molecular weight is 442 g/mol. The summed E-state index contributed by atoms with van der Waals surface area (Å²) >= 11 is 3.49. The van der Waals surface area contributed by atoms with Crippen LogP contribution in [0.2, 0.25) is 0 Å². The number of aromatic nitrogens is 2. The molecule has 7 nitrogen and oxygen atoms in total. The number of hydrogen-bond acceptors (Lipinski definition) is 7. The molecular weight excluding hydrogens is 422 g/mol. The number of nitrogens with one attached hydrogen (secondary N) is 1. The van der Waals surface area contributed by atoms with Crippen molar-refractivity contribution in [1.82, 2.24) is 9.97 Å². The lowest BCUT2D eigenvalue weighted by Gasteiger charge is -2.13. The molecule has 0 saturated carbocycles. The van der Waals surface area contributed by atoms with Crippen LogP contribution in [-0.2, 0) is 0 Å². The van der Waals surface area contributed by atoms with E-state index in [-0.39, 0.29) is 5.95 Å². The summed E-state index contributed by atoms with van der Waals surface area (Å²) in [5, 5.41) is 15.3. The van der Waals surface area contributed by atoms with Crippen LogP contribution >= 0.6 is 15.9 Å². The van der Waals surface area contributed by atoms with Gasteiger partial charge in [-0.3, -0.25) is 0 Å². The van der Waals surface area contributed by atoms with Crippen molar-refractivity contribution in [2.75, 3.05) is 17.7 Å². The first-order valence-electron chi connectivity index (χ1n) is 8.63. The maximum atomic E-state index is 8.87. The maximum absolute atomic E-state index is 8.87. The second-order valence-electron chi connectivity index (χ2n) is 5.96. The molecule has 8 heteroatoms. The number of anilines is 3. The molecule has 0 atom stereocenters. The molecule has 0 unspecified atom stereocenters. The summed E-state index contributed by atoms with van der Waals surface area (Å²) in [4.78, 5) is 8.63. The van der Waals surface area contributed by atoms with Crippen LogP contribution in [0.3, 0.4) is 0 Å². The van der Waals surface area contributed by atoms with Crippen LogP contribution in [0.25, 0.3) is 11.3 Å². The van der Waals surface area contributed by atoms with E-state index < -0.39 is 0 Å². The van der Waals surface area contributed by atoms with Crippen LogP contribution in [0.15, 0.2) is 58.2 Å². The molecule has 0 aliphatic carbocycles. The number of halogens is 1. The Morgan fingerprint density at radius 3 is 2.61 bits per heavy atom. The Morgan fingerprint density at radius 1 is 1.18 bits per heavy atom. The van der Waals surface area contributed by atoms with E-state index in [4.69, 9.17) is 15.7 Å². The Hall–Kier alpha value is -3.13. The topological polar surface area (TPSA) is 106 Å². The van der Waals surface area contributed by atoms with Gasteiger partial charge in [0.2, 0.25) is 5.95 Å². The van der Waals surface area contributed by atoms with E-state index in [0.717, 1.165) is 27.0 Å². The standard InChI is InChI=1S/C20H20BrN5O2/c1-3-28-18-9-6-14(21)10-16(18)17-11-19(25-20(22)24-17)23-15-7-4-13(5-8-15)12(2)26-27/h4-11,27H,3H2,1-2H3,(H3,22,23,24,25)/b26-12+. The lowest BCUT2D eigenvalue weighted by Crippen LogP contribution is -2.03. The second kappa shape index (κ2) is 8.71. The van der Waals surface area contributed by atoms with Crippen LogP contribution in [0.4, 0.5) is 17.5 Å². The first-order valence-corrected chi connectivity index (χ1v) is 9.43. The van der Waals surface area contributed by atoms with Gasteiger partial charge in [0.25, 0.3) is 0 Å². The number of nitrogens with two attached hydrogens (primary N) is 1. The number of benzene rings is 2. The Morgan fingerprint density at radius 2 is 1.93 bits per heavy atom. The van der Waals surface area contributed by atoms with Crippen LogP contribution < -0.4 is 15.8 Å². The fourth-order valence-corrected chi connectivity index (χ4v) is 3.01. The number of rotatable bonds is 6. The summed E-state index contributed by atoms with van der Waals surface area (Å²) in [6, 6.07) is 15.0. The van der Waals surface area contributed by atoms with Gasteiger partial charge >= 0.3 is 0 Å². The summed E-state index contributed by atoms with van der Waals surface area (Å²) in [6.07, 6.45) is 0. The summed E-state index contributed by atoms with van der Waals surface area (Å²) < 4.78 is 6.63. The molecule has 0 aliphatic rings. The Kier molecular flexibility index (Phi) is 6.10. The van der Waals surface area contributed by atoms with Gasteiger partial charge in [0.15, 0.2) is 0 Å². The van der Waals surface area contributed by atoms with Gasteiger partial charge in [-0.25, -0.2) is 4.98 Å². The van der Waals surface area contributed by atoms with Crippen molar-refractivity contribution in [3.8, 4) is 17.0 Å². The molecule has 3 rings (SSSR count). The molecule has 144 valence electrons. The fraction of sp³-hybridized carbons (Fsp3) is 0.150. The van der Waals surface area contributed by atoms with E-state index in [1.54, 1.807) is 6.92 Å². The smallest absolute Gasteiger partial charge is 0.222 e. The lowest BCUT2D eigenvalue weighted by molar-refractivity contribution is 0.319. The quantitative estimate of drug-likeness (QED) is 0.287. The van der Waals surface area contributed by atoms with Crippen molar-refractivity contribution in [1.29, 1.82) is 0 Å². The van der Waals surface area contributed by atoms with Gasteiger partial charge in [0.1, 0.15) is 11.6 Å². The molecule has 3 aromatic rings. The monoisotopic (exact) mass is 441 g/mol. The highest BCUT2D eigenvalue weighted by Crippen LogP contribution is 2.33. The van der Waals surface area contributed by atoms with Gasteiger partial charge in [-0.15, -0.1) is 0 Å². The van der Waals surface area contributed by atoms with Crippen LogP contribution in [0.1, 0.15) is 19.4 Å². The maximum Gasteiger partial charge on any atom is 0.222 e. The summed E-state index contributed by atoms with van der Waals surface area (Å²) in [5.41, 5.74) is 9.59. The molecule has 0 bridgehead atoms. The van der Waals surface area contributed by atoms with Crippen LogP contribution in [-0.4, -0.2) is 27.5 Å². The van der Waals surface area contributed by atoms with E-state index in [9.17, 15) is 0 Å². The minimum atomic E-state index is 0.155. The Bertz CT molecular complexity index is 1010. The third-order valence-corrected chi connectivity index (χ3v) is 4.48. The molecule has 1 heterocycles. The van der Waals surface area contributed by atoms with Gasteiger partial charge < -0.3 is 21.0 Å². The highest BCUT2D eigenvalue weighted by atomic mass is 79.9. The number of hydrogen-bond donors (Lipinski definition) is 3. The number of ether oxygens (including phenoxy) is 1. The molecule has 0 spiro atoms. The van der Waals surface area contributed by atoms with Gasteiger partial charge in [0.05, 0.1) is 18.0 Å². The second-order valence-corrected chi connectivity index (χ2v) is 6.87. The molecule has 0 saturated heterocycles. The number of oxime groups is 1.